The lowest BCUT2D eigenvalue weighted by Crippen LogP contribution is -2.41. The third kappa shape index (κ3) is 5.06. The van der Waals surface area contributed by atoms with Gasteiger partial charge in [-0.05, 0) is 45.0 Å². The third-order valence-electron chi connectivity index (χ3n) is 3.90. The van der Waals surface area contributed by atoms with Crippen molar-refractivity contribution in [3.05, 3.63) is 48.5 Å². The summed E-state index contributed by atoms with van der Waals surface area (Å²) in [6.07, 6.45) is -0.326. The lowest BCUT2D eigenvalue weighted by Gasteiger charge is -2.31. The van der Waals surface area contributed by atoms with Gasteiger partial charge >= 0.3 is 6.09 Å². The normalized spacial score (nSPS) is 14.9. The average Bonchev–Trinajstić information content (AvgIpc) is 2.67. The van der Waals surface area contributed by atoms with Gasteiger partial charge in [-0.15, -0.1) is 0 Å². The lowest BCUT2D eigenvalue weighted by molar-refractivity contribution is 0.0568. The minimum Gasteiger partial charge on any atom is -0.490 e. The van der Waals surface area contributed by atoms with E-state index in [4.69, 9.17) is 14.2 Å². The van der Waals surface area contributed by atoms with Gasteiger partial charge in [0, 0.05) is 6.54 Å². The number of carbonyl (C=O) groups is 1. The highest BCUT2D eigenvalue weighted by atomic mass is 16.6. The summed E-state index contributed by atoms with van der Waals surface area (Å²) in [6, 6.07) is 15.5. The van der Waals surface area contributed by atoms with E-state index >= 15 is 0 Å². The molecule has 0 saturated carbocycles. The molecule has 0 atom stereocenters. The number of fused-ring (bicyclic) bond motifs is 2. The van der Waals surface area contributed by atoms with E-state index in [0.29, 0.717) is 13.2 Å². The van der Waals surface area contributed by atoms with Gasteiger partial charge < -0.3 is 19.5 Å². The molecule has 0 spiro atoms. The fraction of sp³-hybridized carbons (Fsp3) is 0.381. The van der Waals surface area contributed by atoms with E-state index in [1.807, 2.05) is 69.3 Å². The number of amides is 1. The van der Waals surface area contributed by atoms with Crippen LogP contribution in [0.25, 0.3) is 0 Å². The molecule has 6 nitrogen and oxygen atoms in total. The van der Waals surface area contributed by atoms with E-state index in [0.717, 1.165) is 36.0 Å². The number of hydrogen-bond donors (Lipinski definition) is 1. The van der Waals surface area contributed by atoms with Crippen molar-refractivity contribution in [1.29, 1.82) is 0 Å². The Morgan fingerprint density at radius 3 is 2.41 bits per heavy atom. The van der Waals surface area contributed by atoms with Crippen molar-refractivity contribution in [1.82, 2.24) is 0 Å². The summed E-state index contributed by atoms with van der Waals surface area (Å²) in [5.41, 5.74) is 1.39. The number of hydrogen-bond acceptors (Lipinski definition) is 5. The van der Waals surface area contributed by atoms with E-state index in [1.165, 1.54) is 0 Å². The van der Waals surface area contributed by atoms with Crippen LogP contribution in [0.3, 0.4) is 0 Å². The van der Waals surface area contributed by atoms with Gasteiger partial charge in [-0.3, -0.25) is 4.90 Å². The summed E-state index contributed by atoms with van der Waals surface area (Å²) in [5, 5.41) is 3.24. The zero-order chi connectivity index (χ0) is 19.3. The fourth-order valence-electron chi connectivity index (χ4n) is 2.76. The molecule has 0 fully saturated rings. The molecule has 0 aliphatic carbocycles. The van der Waals surface area contributed by atoms with E-state index in [1.54, 1.807) is 4.90 Å². The Labute approximate surface area is 160 Å². The van der Waals surface area contributed by atoms with Crippen molar-refractivity contribution in [2.75, 3.05) is 36.5 Å². The summed E-state index contributed by atoms with van der Waals surface area (Å²) in [6.45, 7) is 8.28. The standard InChI is InChI=1S/C13H17NO3.C8H9NO/c1-13(2,3)17-12(15)14-8-9-16-11-7-5-4-6-10(11)14;1-2-4-8-7(3-1)9-5-6-10-8/h4-7H,8-9H2,1-3H3;1-4,9H,5-6H2. The molecule has 1 N–H and O–H groups in total. The van der Waals surface area contributed by atoms with Crippen molar-refractivity contribution in [3.8, 4) is 11.5 Å². The molecule has 2 aliphatic heterocycles. The molecule has 0 aromatic heterocycles. The molecule has 2 aromatic carbocycles. The first kappa shape index (κ1) is 18.9. The van der Waals surface area contributed by atoms with Crippen LogP contribution in [0.15, 0.2) is 48.5 Å². The van der Waals surface area contributed by atoms with Gasteiger partial charge in [0.05, 0.1) is 17.9 Å². The van der Waals surface area contributed by atoms with Crippen LogP contribution in [0, 0.1) is 0 Å². The first-order chi connectivity index (χ1) is 12.9. The van der Waals surface area contributed by atoms with Crippen LogP contribution in [-0.4, -0.2) is 38.0 Å². The molecule has 0 radical (unpaired) electrons. The zero-order valence-corrected chi connectivity index (χ0v) is 16.0. The molecule has 2 aromatic rings. The Kier molecular flexibility index (Phi) is 5.74. The van der Waals surface area contributed by atoms with Crippen LogP contribution in [-0.2, 0) is 4.74 Å². The first-order valence-electron chi connectivity index (χ1n) is 9.12. The lowest BCUT2D eigenvalue weighted by atomic mass is 10.2. The van der Waals surface area contributed by atoms with Gasteiger partial charge in [0.25, 0.3) is 0 Å². The molecule has 4 rings (SSSR count). The Balaban J connectivity index is 0.000000177. The number of nitrogens with one attached hydrogen (secondary N) is 1. The second-order valence-electron chi connectivity index (χ2n) is 7.22. The number of anilines is 2. The molecule has 1 amide bonds. The highest BCUT2D eigenvalue weighted by Crippen LogP contribution is 2.31. The van der Waals surface area contributed by atoms with Gasteiger partial charge in [-0.25, -0.2) is 4.79 Å². The maximum atomic E-state index is 12.0. The minimum atomic E-state index is -0.482. The molecule has 2 aliphatic rings. The van der Waals surface area contributed by atoms with E-state index < -0.39 is 5.60 Å². The molecular formula is C21H26N2O4. The Morgan fingerprint density at radius 2 is 1.67 bits per heavy atom. The van der Waals surface area contributed by atoms with Gasteiger partial charge in [0.1, 0.15) is 30.3 Å². The van der Waals surface area contributed by atoms with Gasteiger partial charge in [0.15, 0.2) is 0 Å². The van der Waals surface area contributed by atoms with Crippen LogP contribution in [0.5, 0.6) is 11.5 Å². The van der Waals surface area contributed by atoms with Crippen LogP contribution in [0.2, 0.25) is 0 Å². The molecule has 144 valence electrons. The average molecular weight is 370 g/mol. The highest BCUT2D eigenvalue weighted by Gasteiger charge is 2.27. The maximum Gasteiger partial charge on any atom is 0.415 e. The van der Waals surface area contributed by atoms with Crippen LogP contribution in [0.1, 0.15) is 20.8 Å². The molecule has 0 saturated heterocycles. The van der Waals surface area contributed by atoms with E-state index in [2.05, 4.69) is 5.32 Å². The highest BCUT2D eigenvalue weighted by molar-refractivity contribution is 5.90. The summed E-state index contributed by atoms with van der Waals surface area (Å²) in [5.74, 6) is 1.69. The third-order valence-corrected chi connectivity index (χ3v) is 3.90. The maximum absolute atomic E-state index is 12.0. The van der Waals surface area contributed by atoms with Crippen molar-refractivity contribution in [2.24, 2.45) is 0 Å². The van der Waals surface area contributed by atoms with Crippen LogP contribution >= 0.6 is 0 Å². The van der Waals surface area contributed by atoms with Crippen LogP contribution < -0.4 is 19.7 Å². The summed E-state index contributed by atoms with van der Waals surface area (Å²) in [7, 11) is 0. The second-order valence-corrected chi connectivity index (χ2v) is 7.22. The van der Waals surface area contributed by atoms with E-state index in [9.17, 15) is 4.79 Å². The zero-order valence-electron chi connectivity index (χ0n) is 16.0. The molecular weight excluding hydrogens is 344 g/mol. The van der Waals surface area contributed by atoms with Gasteiger partial charge in [-0.1, -0.05) is 24.3 Å². The molecule has 6 heteroatoms. The van der Waals surface area contributed by atoms with Crippen molar-refractivity contribution >= 4 is 17.5 Å². The quantitative estimate of drug-likeness (QED) is 0.749. The van der Waals surface area contributed by atoms with E-state index in [-0.39, 0.29) is 6.09 Å². The van der Waals surface area contributed by atoms with Gasteiger partial charge in [-0.2, -0.15) is 0 Å². The summed E-state index contributed by atoms with van der Waals surface area (Å²) in [4.78, 5) is 13.6. The predicted octanol–water partition coefficient (Wildman–Crippen LogP) is 4.31. The number of carbonyl (C=O) groups excluding carboxylic acids is 1. The van der Waals surface area contributed by atoms with Gasteiger partial charge in [0.2, 0.25) is 0 Å². The molecule has 2 heterocycles. The summed E-state index contributed by atoms with van der Waals surface area (Å²) >= 11 is 0. The second kappa shape index (κ2) is 8.20. The van der Waals surface area contributed by atoms with Crippen molar-refractivity contribution in [2.45, 2.75) is 26.4 Å². The monoisotopic (exact) mass is 370 g/mol. The van der Waals surface area contributed by atoms with Crippen molar-refractivity contribution < 1.29 is 19.0 Å². The Hall–Kier alpha value is -2.89. The predicted molar refractivity (Wildman–Crippen MR) is 106 cm³/mol. The molecule has 0 bridgehead atoms. The number of nitrogens with zero attached hydrogens (tertiary/aromatic N) is 1. The number of para-hydroxylation sites is 4. The van der Waals surface area contributed by atoms with Crippen molar-refractivity contribution in [3.63, 3.8) is 0 Å². The molecule has 0 unspecified atom stereocenters. The minimum absolute atomic E-state index is 0.326. The number of rotatable bonds is 0. The SMILES string of the molecule is CC(C)(C)OC(=O)N1CCOc2ccccc21.c1ccc2c(c1)NCCO2. The fourth-order valence-corrected chi connectivity index (χ4v) is 2.76. The number of ether oxygens (including phenoxy) is 3. The summed E-state index contributed by atoms with van der Waals surface area (Å²) < 4.78 is 16.2. The first-order valence-corrected chi connectivity index (χ1v) is 9.12. The van der Waals surface area contributed by atoms with Crippen LogP contribution in [0.4, 0.5) is 16.2 Å². The Morgan fingerprint density at radius 1 is 1.00 bits per heavy atom. The Bertz CT molecular complexity index is 761. The molecule has 27 heavy (non-hydrogen) atoms. The number of benzene rings is 2. The topological polar surface area (TPSA) is 60.0 Å². The smallest absolute Gasteiger partial charge is 0.415 e. The largest absolute Gasteiger partial charge is 0.490 e.